The molecule has 0 saturated carbocycles. The third-order valence-corrected chi connectivity index (χ3v) is 4.03. The van der Waals surface area contributed by atoms with E-state index in [4.69, 9.17) is 9.47 Å². The molecular formula is C21H23F2NO5. The third-order valence-electron chi connectivity index (χ3n) is 4.03. The standard InChI is InChI=1S/C21H23F2NO5/c1-14-3-5-15(6-4-14)7-10-19(25)24-11-12-28-20(26)16-8-9-17(27-2)18(13-16)29-21(22)23/h3-6,8-9,13,21H,7,10-12H2,1-2H3,(H,24,25). The van der Waals surface area contributed by atoms with Gasteiger partial charge in [-0.05, 0) is 37.1 Å². The zero-order valence-corrected chi connectivity index (χ0v) is 16.2. The molecule has 1 amide bonds. The van der Waals surface area contributed by atoms with Crippen molar-refractivity contribution < 1.29 is 32.6 Å². The summed E-state index contributed by atoms with van der Waals surface area (Å²) in [6, 6.07) is 11.8. The largest absolute Gasteiger partial charge is 0.493 e. The molecule has 0 atom stereocenters. The second-order valence-electron chi connectivity index (χ2n) is 6.22. The van der Waals surface area contributed by atoms with Gasteiger partial charge >= 0.3 is 12.6 Å². The van der Waals surface area contributed by atoms with E-state index in [1.54, 1.807) is 0 Å². The lowest BCUT2D eigenvalue weighted by molar-refractivity contribution is -0.121. The second kappa shape index (κ2) is 11.0. The van der Waals surface area contributed by atoms with Crippen LogP contribution in [-0.2, 0) is 16.0 Å². The predicted octanol–water partition coefficient (Wildman–Crippen LogP) is 3.51. The van der Waals surface area contributed by atoms with Crippen molar-refractivity contribution in [3.63, 3.8) is 0 Å². The highest BCUT2D eigenvalue weighted by molar-refractivity contribution is 5.90. The molecule has 0 fully saturated rings. The van der Waals surface area contributed by atoms with Gasteiger partial charge in [-0.15, -0.1) is 0 Å². The van der Waals surface area contributed by atoms with Crippen molar-refractivity contribution in [2.75, 3.05) is 20.3 Å². The topological polar surface area (TPSA) is 73.9 Å². The molecule has 0 unspecified atom stereocenters. The number of hydrogen-bond donors (Lipinski definition) is 1. The Hall–Kier alpha value is -3.16. The van der Waals surface area contributed by atoms with Gasteiger partial charge in [-0.2, -0.15) is 8.78 Å². The number of hydrogen-bond acceptors (Lipinski definition) is 5. The number of nitrogens with one attached hydrogen (secondary N) is 1. The van der Waals surface area contributed by atoms with Gasteiger partial charge in [-0.3, -0.25) is 4.79 Å². The first-order chi connectivity index (χ1) is 13.9. The van der Waals surface area contributed by atoms with Gasteiger partial charge in [-0.1, -0.05) is 29.8 Å². The molecule has 0 aromatic heterocycles. The van der Waals surface area contributed by atoms with Crippen molar-refractivity contribution in [2.45, 2.75) is 26.4 Å². The lowest BCUT2D eigenvalue weighted by atomic mass is 10.1. The zero-order valence-electron chi connectivity index (χ0n) is 16.2. The lowest BCUT2D eigenvalue weighted by Gasteiger charge is -2.11. The second-order valence-corrected chi connectivity index (χ2v) is 6.22. The van der Waals surface area contributed by atoms with Gasteiger partial charge in [0.05, 0.1) is 19.2 Å². The number of methoxy groups -OCH3 is 1. The van der Waals surface area contributed by atoms with Crippen LogP contribution in [0.4, 0.5) is 8.78 Å². The van der Waals surface area contributed by atoms with E-state index in [1.807, 2.05) is 31.2 Å². The zero-order chi connectivity index (χ0) is 21.2. The van der Waals surface area contributed by atoms with E-state index >= 15 is 0 Å². The molecule has 0 aliphatic heterocycles. The van der Waals surface area contributed by atoms with Crippen molar-refractivity contribution in [1.82, 2.24) is 5.32 Å². The molecule has 0 aliphatic carbocycles. The lowest BCUT2D eigenvalue weighted by Crippen LogP contribution is -2.28. The van der Waals surface area contributed by atoms with E-state index in [1.165, 1.54) is 19.2 Å². The summed E-state index contributed by atoms with van der Waals surface area (Å²) in [5.41, 5.74) is 2.26. The number of rotatable bonds is 10. The maximum Gasteiger partial charge on any atom is 0.387 e. The molecule has 156 valence electrons. The summed E-state index contributed by atoms with van der Waals surface area (Å²) in [6.45, 7) is -0.956. The Labute approximate surface area is 167 Å². The number of halogens is 2. The number of carbonyl (C=O) groups is 2. The fourth-order valence-corrected chi connectivity index (χ4v) is 2.51. The van der Waals surface area contributed by atoms with E-state index in [0.717, 1.165) is 17.2 Å². The monoisotopic (exact) mass is 407 g/mol. The van der Waals surface area contributed by atoms with Crippen LogP contribution in [0.25, 0.3) is 0 Å². The molecule has 1 N–H and O–H groups in total. The molecular weight excluding hydrogens is 384 g/mol. The van der Waals surface area contributed by atoms with E-state index < -0.39 is 12.6 Å². The van der Waals surface area contributed by atoms with Gasteiger partial charge in [0.15, 0.2) is 11.5 Å². The Morgan fingerprint density at radius 2 is 1.79 bits per heavy atom. The van der Waals surface area contributed by atoms with Crippen LogP contribution in [-0.4, -0.2) is 38.7 Å². The number of alkyl halides is 2. The fraction of sp³-hybridized carbons (Fsp3) is 0.333. The predicted molar refractivity (Wildman–Crippen MR) is 102 cm³/mol. The maximum absolute atomic E-state index is 12.4. The number of carbonyl (C=O) groups excluding carboxylic acids is 2. The van der Waals surface area contributed by atoms with E-state index in [0.29, 0.717) is 12.8 Å². The van der Waals surface area contributed by atoms with Gasteiger partial charge in [0.1, 0.15) is 6.61 Å². The highest BCUT2D eigenvalue weighted by Gasteiger charge is 2.15. The molecule has 0 radical (unpaired) electrons. The smallest absolute Gasteiger partial charge is 0.387 e. The first-order valence-electron chi connectivity index (χ1n) is 9.01. The average molecular weight is 407 g/mol. The molecule has 0 heterocycles. The Balaban J connectivity index is 1.74. The van der Waals surface area contributed by atoms with Gasteiger partial charge in [0.25, 0.3) is 0 Å². The van der Waals surface area contributed by atoms with Crippen LogP contribution in [0.2, 0.25) is 0 Å². The van der Waals surface area contributed by atoms with Gasteiger partial charge in [0, 0.05) is 6.42 Å². The first-order valence-corrected chi connectivity index (χ1v) is 9.01. The van der Waals surface area contributed by atoms with Crippen LogP contribution < -0.4 is 14.8 Å². The van der Waals surface area contributed by atoms with Crippen molar-refractivity contribution in [3.05, 3.63) is 59.2 Å². The minimum atomic E-state index is -3.05. The van der Waals surface area contributed by atoms with Gasteiger partial charge in [0.2, 0.25) is 5.91 Å². The number of ether oxygens (including phenoxy) is 3. The molecule has 2 rings (SSSR count). The summed E-state index contributed by atoms with van der Waals surface area (Å²) >= 11 is 0. The number of benzene rings is 2. The van der Waals surface area contributed by atoms with E-state index in [2.05, 4.69) is 10.1 Å². The molecule has 6 nitrogen and oxygen atoms in total. The van der Waals surface area contributed by atoms with Crippen molar-refractivity contribution in [3.8, 4) is 11.5 Å². The van der Waals surface area contributed by atoms with Gasteiger partial charge in [-0.25, -0.2) is 4.79 Å². The molecule has 2 aromatic carbocycles. The van der Waals surface area contributed by atoms with Crippen LogP contribution in [0.15, 0.2) is 42.5 Å². The summed E-state index contributed by atoms with van der Waals surface area (Å²) in [4.78, 5) is 23.9. The van der Waals surface area contributed by atoms with Crippen molar-refractivity contribution in [1.29, 1.82) is 0 Å². The van der Waals surface area contributed by atoms with Crippen molar-refractivity contribution >= 4 is 11.9 Å². The Morgan fingerprint density at radius 3 is 2.45 bits per heavy atom. The maximum atomic E-state index is 12.4. The van der Waals surface area contributed by atoms with Crippen LogP contribution in [0, 0.1) is 6.92 Å². The summed E-state index contributed by atoms with van der Waals surface area (Å²) in [5.74, 6) is -1.07. The molecule has 0 bridgehead atoms. The van der Waals surface area contributed by atoms with Crippen molar-refractivity contribution in [2.24, 2.45) is 0 Å². The average Bonchev–Trinajstić information content (AvgIpc) is 2.70. The summed E-state index contributed by atoms with van der Waals surface area (Å²) in [5, 5.41) is 2.67. The molecule has 2 aromatic rings. The quantitative estimate of drug-likeness (QED) is 0.482. The Bertz CT molecular complexity index is 824. The first kappa shape index (κ1) is 22.1. The molecule has 0 saturated heterocycles. The number of esters is 1. The molecule has 29 heavy (non-hydrogen) atoms. The van der Waals surface area contributed by atoms with Crippen LogP contribution in [0.1, 0.15) is 27.9 Å². The number of amides is 1. The Kier molecular flexibility index (Phi) is 8.39. The van der Waals surface area contributed by atoms with E-state index in [9.17, 15) is 18.4 Å². The number of aryl methyl sites for hydroxylation is 2. The highest BCUT2D eigenvalue weighted by Crippen LogP contribution is 2.29. The Morgan fingerprint density at radius 1 is 1.07 bits per heavy atom. The minimum Gasteiger partial charge on any atom is -0.493 e. The van der Waals surface area contributed by atoms with Gasteiger partial charge < -0.3 is 19.5 Å². The van der Waals surface area contributed by atoms with Crippen LogP contribution >= 0.6 is 0 Å². The fourth-order valence-electron chi connectivity index (χ4n) is 2.51. The minimum absolute atomic E-state index is 0.0344. The van der Waals surface area contributed by atoms with Crippen LogP contribution in [0.3, 0.4) is 0 Å². The summed E-state index contributed by atoms with van der Waals surface area (Å²) in [7, 11) is 1.30. The molecule has 8 heteroatoms. The molecule has 0 aliphatic rings. The summed E-state index contributed by atoms with van der Waals surface area (Å²) in [6.07, 6.45) is 0.939. The van der Waals surface area contributed by atoms with E-state index in [-0.39, 0.29) is 36.1 Å². The molecule has 0 spiro atoms. The summed E-state index contributed by atoms with van der Waals surface area (Å²) < 4.78 is 39.2. The normalized spacial score (nSPS) is 10.5. The third kappa shape index (κ3) is 7.40. The highest BCUT2D eigenvalue weighted by atomic mass is 19.3. The van der Waals surface area contributed by atoms with Crippen LogP contribution in [0.5, 0.6) is 11.5 Å². The SMILES string of the molecule is COc1ccc(C(=O)OCCNC(=O)CCc2ccc(C)cc2)cc1OC(F)F.